The molecule has 22 heavy (non-hydrogen) atoms. The lowest BCUT2D eigenvalue weighted by molar-refractivity contribution is 0.0726. The van der Waals surface area contributed by atoms with Crippen LogP contribution >= 0.6 is 12.4 Å². The summed E-state index contributed by atoms with van der Waals surface area (Å²) in [4.78, 5) is 12.4. The van der Waals surface area contributed by atoms with Gasteiger partial charge in [-0.15, -0.1) is 12.4 Å². The number of halogens is 1. The third kappa shape index (κ3) is 3.65. The summed E-state index contributed by atoms with van der Waals surface area (Å²) >= 11 is 0. The molecule has 2 bridgehead atoms. The highest BCUT2D eigenvalue weighted by atomic mass is 35.5. The summed E-state index contributed by atoms with van der Waals surface area (Å²) in [5, 5.41) is 3.18. The molecular formula is C16H25ClN2O3. The van der Waals surface area contributed by atoms with Crippen LogP contribution < -0.4 is 11.1 Å². The van der Waals surface area contributed by atoms with Gasteiger partial charge in [0.05, 0.1) is 0 Å². The summed E-state index contributed by atoms with van der Waals surface area (Å²) < 4.78 is 10.5. The van der Waals surface area contributed by atoms with Gasteiger partial charge in [-0.05, 0) is 49.7 Å². The van der Waals surface area contributed by atoms with Gasteiger partial charge in [0.25, 0.3) is 5.91 Å². The number of carbonyl (C=O) groups is 1. The van der Waals surface area contributed by atoms with E-state index in [2.05, 4.69) is 5.32 Å². The SMILES string of the molecule is COCc1ccc(C(=O)NC2C3CCCC2CC(N)C3)o1.Cl. The maximum Gasteiger partial charge on any atom is 0.287 e. The third-order valence-electron chi connectivity index (χ3n) is 4.85. The van der Waals surface area contributed by atoms with Crippen LogP contribution in [0, 0.1) is 11.8 Å². The van der Waals surface area contributed by atoms with Crippen molar-refractivity contribution < 1.29 is 13.9 Å². The van der Waals surface area contributed by atoms with E-state index in [0.717, 1.165) is 12.8 Å². The molecule has 2 aliphatic carbocycles. The third-order valence-corrected chi connectivity index (χ3v) is 4.85. The predicted octanol–water partition coefficient (Wildman–Crippen LogP) is 2.48. The number of rotatable bonds is 4. The summed E-state index contributed by atoms with van der Waals surface area (Å²) in [7, 11) is 1.61. The van der Waals surface area contributed by atoms with Gasteiger partial charge >= 0.3 is 0 Å². The molecule has 1 aromatic heterocycles. The first-order chi connectivity index (χ1) is 10.2. The summed E-state index contributed by atoms with van der Waals surface area (Å²) in [6, 6.07) is 4.05. The molecule has 6 heteroatoms. The number of ether oxygens (including phenoxy) is 1. The molecule has 0 aliphatic heterocycles. The number of amides is 1. The summed E-state index contributed by atoms with van der Waals surface area (Å²) in [5.74, 6) is 1.97. The quantitative estimate of drug-likeness (QED) is 0.890. The second-order valence-electron chi connectivity index (χ2n) is 6.38. The van der Waals surface area contributed by atoms with Crippen molar-refractivity contribution >= 4 is 18.3 Å². The maximum atomic E-state index is 12.4. The Bertz CT molecular complexity index is 491. The Morgan fingerprint density at radius 2 is 2.05 bits per heavy atom. The van der Waals surface area contributed by atoms with Crippen molar-refractivity contribution in [3.8, 4) is 0 Å². The zero-order valence-corrected chi connectivity index (χ0v) is 13.7. The van der Waals surface area contributed by atoms with Crippen LogP contribution in [0.5, 0.6) is 0 Å². The normalized spacial score (nSPS) is 30.5. The zero-order chi connectivity index (χ0) is 14.8. The lowest BCUT2D eigenvalue weighted by atomic mass is 9.67. The topological polar surface area (TPSA) is 77.5 Å². The minimum Gasteiger partial charge on any atom is -0.453 e. The molecule has 0 spiro atoms. The standard InChI is InChI=1S/C16H24N2O3.ClH/c1-20-9-13-5-6-14(21-13)16(19)18-15-10-3-2-4-11(15)8-12(17)7-10;/h5-6,10-12,15H,2-4,7-9,17H2,1H3,(H,18,19);1H. The molecule has 0 saturated heterocycles. The van der Waals surface area contributed by atoms with Gasteiger partial charge in [0.1, 0.15) is 12.4 Å². The monoisotopic (exact) mass is 328 g/mol. The fraction of sp³-hybridized carbons (Fsp3) is 0.688. The molecule has 3 rings (SSSR count). The second-order valence-corrected chi connectivity index (χ2v) is 6.38. The minimum absolute atomic E-state index is 0. The molecule has 1 amide bonds. The van der Waals surface area contributed by atoms with Crippen molar-refractivity contribution in [2.24, 2.45) is 17.6 Å². The van der Waals surface area contributed by atoms with Crippen LogP contribution in [0.25, 0.3) is 0 Å². The van der Waals surface area contributed by atoms with Crippen molar-refractivity contribution in [2.45, 2.75) is 50.8 Å². The molecular weight excluding hydrogens is 304 g/mol. The fourth-order valence-electron chi connectivity index (χ4n) is 3.97. The van der Waals surface area contributed by atoms with E-state index >= 15 is 0 Å². The van der Waals surface area contributed by atoms with Gasteiger partial charge in [-0.2, -0.15) is 0 Å². The van der Waals surface area contributed by atoms with E-state index in [1.807, 2.05) is 0 Å². The number of methoxy groups -OCH3 is 1. The van der Waals surface area contributed by atoms with Gasteiger partial charge in [0, 0.05) is 19.2 Å². The van der Waals surface area contributed by atoms with Crippen molar-refractivity contribution in [2.75, 3.05) is 7.11 Å². The van der Waals surface area contributed by atoms with E-state index in [1.54, 1.807) is 19.2 Å². The Morgan fingerprint density at radius 3 is 2.68 bits per heavy atom. The first-order valence-electron chi connectivity index (χ1n) is 7.81. The van der Waals surface area contributed by atoms with Crippen molar-refractivity contribution in [1.82, 2.24) is 5.32 Å². The minimum atomic E-state index is -0.116. The smallest absolute Gasteiger partial charge is 0.287 e. The number of carbonyl (C=O) groups excluding carboxylic acids is 1. The van der Waals surface area contributed by atoms with Crippen LogP contribution in [-0.2, 0) is 11.3 Å². The van der Waals surface area contributed by atoms with E-state index in [-0.39, 0.29) is 24.4 Å². The Hall–Kier alpha value is -1.04. The first kappa shape index (κ1) is 17.3. The Kier molecular flexibility index (Phi) is 5.89. The number of furan rings is 1. The van der Waals surface area contributed by atoms with E-state index in [4.69, 9.17) is 14.9 Å². The van der Waals surface area contributed by atoms with Crippen molar-refractivity contribution in [1.29, 1.82) is 0 Å². The number of hydrogen-bond acceptors (Lipinski definition) is 4. The molecule has 2 atom stereocenters. The average Bonchev–Trinajstić information content (AvgIpc) is 2.89. The highest BCUT2D eigenvalue weighted by Gasteiger charge is 2.40. The summed E-state index contributed by atoms with van der Waals surface area (Å²) in [6.45, 7) is 0.386. The van der Waals surface area contributed by atoms with Gasteiger partial charge in [-0.3, -0.25) is 4.79 Å². The number of nitrogens with one attached hydrogen (secondary N) is 1. The molecule has 2 fully saturated rings. The number of fused-ring (bicyclic) bond motifs is 2. The average molecular weight is 329 g/mol. The van der Waals surface area contributed by atoms with Gasteiger partial charge < -0.3 is 20.2 Å². The molecule has 124 valence electrons. The molecule has 2 saturated carbocycles. The van der Waals surface area contributed by atoms with E-state index < -0.39 is 0 Å². The largest absolute Gasteiger partial charge is 0.453 e. The maximum absolute atomic E-state index is 12.4. The predicted molar refractivity (Wildman–Crippen MR) is 86.0 cm³/mol. The molecule has 1 heterocycles. The van der Waals surface area contributed by atoms with Gasteiger partial charge in [-0.25, -0.2) is 0 Å². The highest BCUT2D eigenvalue weighted by molar-refractivity contribution is 5.91. The molecule has 2 aliphatic rings. The Balaban J connectivity index is 0.00000176. The molecule has 0 radical (unpaired) electrons. The summed E-state index contributed by atoms with van der Waals surface area (Å²) in [6.07, 6.45) is 5.64. The molecule has 5 nitrogen and oxygen atoms in total. The van der Waals surface area contributed by atoms with Crippen LogP contribution in [0.1, 0.15) is 48.4 Å². The van der Waals surface area contributed by atoms with Crippen LogP contribution in [0.4, 0.5) is 0 Å². The molecule has 0 aromatic carbocycles. The first-order valence-corrected chi connectivity index (χ1v) is 7.81. The number of nitrogens with two attached hydrogens (primary N) is 1. The summed E-state index contributed by atoms with van der Waals surface area (Å²) in [5.41, 5.74) is 6.12. The number of hydrogen-bond donors (Lipinski definition) is 2. The van der Waals surface area contributed by atoms with Gasteiger partial charge in [-0.1, -0.05) is 6.42 Å². The fourth-order valence-corrected chi connectivity index (χ4v) is 3.97. The lowest BCUT2D eigenvalue weighted by Crippen LogP contribution is -2.53. The van der Waals surface area contributed by atoms with Crippen LogP contribution in [-0.4, -0.2) is 25.1 Å². The Labute approximate surface area is 137 Å². The molecule has 3 N–H and O–H groups in total. The van der Waals surface area contributed by atoms with Crippen LogP contribution in [0.15, 0.2) is 16.5 Å². The van der Waals surface area contributed by atoms with Crippen LogP contribution in [0.2, 0.25) is 0 Å². The Morgan fingerprint density at radius 1 is 1.36 bits per heavy atom. The van der Waals surface area contributed by atoms with Gasteiger partial charge in [0.2, 0.25) is 0 Å². The highest BCUT2D eigenvalue weighted by Crippen LogP contribution is 2.39. The van der Waals surface area contributed by atoms with Gasteiger partial charge in [0.15, 0.2) is 5.76 Å². The van der Waals surface area contributed by atoms with E-state index in [1.165, 1.54) is 19.3 Å². The second kappa shape index (κ2) is 7.49. The van der Waals surface area contributed by atoms with Crippen molar-refractivity contribution in [3.05, 3.63) is 23.7 Å². The van der Waals surface area contributed by atoms with Crippen molar-refractivity contribution in [3.63, 3.8) is 0 Å². The molecule has 2 unspecified atom stereocenters. The zero-order valence-electron chi connectivity index (χ0n) is 12.9. The lowest BCUT2D eigenvalue weighted by Gasteiger charge is -2.45. The van der Waals surface area contributed by atoms with Crippen LogP contribution in [0.3, 0.4) is 0 Å². The van der Waals surface area contributed by atoms with E-state index in [9.17, 15) is 4.79 Å². The van der Waals surface area contributed by atoms with E-state index in [0.29, 0.717) is 36.0 Å². The molecule has 1 aromatic rings.